The molecular weight excluding hydrogens is 392 g/mol. The third-order valence-electron chi connectivity index (χ3n) is 6.49. The summed E-state index contributed by atoms with van der Waals surface area (Å²) in [5.74, 6) is 1.55. The molecule has 0 aromatic heterocycles. The van der Waals surface area contributed by atoms with Crippen LogP contribution in [-0.2, 0) is 14.3 Å². The first-order valence-electron chi connectivity index (χ1n) is 12.5. The molecule has 2 fully saturated rings. The van der Waals surface area contributed by atoms with Gasteiger partial charge in [-0.1, -0.05) is 33.1 Å². The molecule has 2 unspecified atom stereocenters. The Kier molecular flexibility index (Phi) is 12.3. The highest BCUT2D eigenvalue weighted by atomic mass is 16.5. The molecular formula is C24H46N4O3. The molecule has 0 aromatic rings. The molecule has 2 aliphatic rings. The van der Waals surface area contributed by atoms with Crippen LogP contribution in [0.1, 0.15) is 71.6 Å². The fourth-order valence-corrected chi connectivity index (χ4v) is 4.15. The number of nitrogens with one attached hydrogen (secondary N) is 1. The van der Waals surface area contributed by atoms with Gasteiger partial charge >= 0.3 is 0 Å². The summed E-state index contributed by atoms with van der Waals surface area (Å²) in [4.78, 5) is 20.7. The van der Waals surface area contributed by atoms with E-state index in [1.54, 1.807) is 19.0 Å². The molecule has 2 heterocycles. The molecule has 0 bridgehead atoms. The number of likely N-dealkylation sites (N-methyl/N-ethyl adjacent to an activating group) is 1. The first-order chi connectivity index (χ1) is 15.0. The van der Waals surface area contributed by atoms with Crippen LogP contribution in [0.4, 0.5) is 0 Å². The number of aliphatic imine (C=N–C) groups is 1. The van der Waals surface area contributed by atoms with Gasteiger partial charge in [0.05, 0.1) is 18.8 Å². The zero-order valence-corrected chi connectivity index (χ0v) is 20.4. The van der Waals surface area contributed by atoms with Crippen molar-refractivity contribution in [1.82, 2.24) is 15.1 Å². The predicted octanol–water partition coefficient (Wildman–Crippen LogP) is 3.29. The van der Waals surface area contributed by atoms with Crippen molar-refractivity contribution in [3.05, 3.63) is 0 Å². The normalized spacial score (nSPS) is 21.7. The van der Waals surface area contributed by atoms with Gasteiger partial charge in [-0.3, -0.25) is 4.79 Å². The topological polar surface area (TPSA) is 66.4 Å². The molecule has 1 amide bonds. The van der Waals surface area contributed by atoms with E-state index in [1.165, 1.54) is 32.1 Å². The number of carbonyl (C=O) groups is 1. The van der Waals surface area contributed by atoms with Crippen LogP contribution >= 0.6 is 0 Å². The molecule has 1 N–H and O–H groups in total. The number of hydrogen-bond donors (Lipinski definition) is 1. The highest BCUT2D eigenvalue weighted by Gasteiger charge is 2.24. The molecule has 180 valence electrons. The number of piperidine rings is 1. The van der Waals surface area contributed by atoms with Gasteiger partial charge in [-0.2, -0.15) is 0 Å². The Balaban J connectivity index is 1.85. The molecule has 31 heavy (non-hydrogen) atoms. The second kappa shape index (κ2) is 14.7. The number of likely N-dealkylation sites (tertiary alicyclic amines) is 1. The first kappa shape index (κ1) is 25.9. The number of rotatable bonds is 11. The van der Waals surface area contributed by atoms with E-state index < -0.39 is 0 Å². The van der Waals surface area contributed by atoms with E-state index in [-0.39, 0.29) is 18.6 Å². The second-order valence-corrected chi connectivity index (χ2v) is 9.23. The van der Waals surface area contributed by atoms with Gasteiger partial charge in [0, 0.05) is 40.3 Å². The number of guanidine groups is 1. The van der Waals surface area contributed by atoms with Gasteiger partial charge in [0.2, 0.25) is 5.91 Å². The molecule has 0 spiro atoms. The Hall–Kier alpha value is -1.34. The van der Waals surface area contributed by atoms with Gasteiger partial charge in [-0.05, 0) is 44.4 Å². The summed E-state index contributed by atoms with van der Waals surface area (Å²) in [5, 5.41) is 3.59. The van der Waals surface area contributed by atoms with E-state index in [4.69, 9.17) is 9.47 Å². The maximum absolute atomic E-state index is 12.1. The summed E-state index contributed by atoms with van der Waals surface area (Å²) in [7, 11) is 3.56. The van der Waals surface area contributed by atoms with Crippen molar-refractivity contribution in [2.75, 3.05) is 53.5 Å². The molecule has 7 heteroatoms. The van der Waals surface area contributed by atoms with E-state index in [2.05, 4.69) is 29.1 Å². The highest BCUT2D eigenvalue weighted by Crippen LogP contribution is 2.18. The predicted molar refractivity (Wildman–Crippen MR) is 126 cm³/mol. The Bertz CT molecular complexity index is 527. The van der Waals surface area contributed by atoms with Crippen molar-refractivity contribution in [2.45, 2.75) is 83.8 Å². The van der Waals surface area contributed by atoms with Crippen LogP contribution in [-0.4, -0.2) is 87.4 Å². The van der Waals surface area contributed by atoms with Gasteiger partial charge in [0.25, 0.3) is 0 Å². The van der Waals surface area contributed by atoms with Crippen molar-refractivity contribution < 1.29 is 14.3 Å². The summed E-state index contributed by atoms with van der Waals surface area (Å²) >= 11 is 0. The van der Waals surface area contributed by atoms with Crippen LogP contribution in [0, 0.1) is 5.92 Å². The van der Waals surface area contributed by atoms with Crippen molar-refractivity contribution in [2.24, 2.45) is 10.9 Å². The molecule has 0 saturated carbocycles. The Labute approximate surface area is 189 Å². The fourth-order valence-electron chi connectivity index (χ4n) is 4.15. The van der Waals surface area contributed by atoms with Crippen LogP contribution in [0.3, 0.4) is 0 Å². The summed E-state index contributed by atoms with van der Waals surface area (Å²) in [6, 6.07) is 0. The molecule has 0 aliphatic carbocycles. The molecule has 2 saturated heterocycles. The van der Waals surface area contributed by atoms with Crippen molar-refractivity contribution in [3.8, 4) is 0 Å². The number of carbonyl (C=O) groups excluding carboxylic acids is 1. The van der Waals surface area contributed by atoms with E-state index in [9.17, 15) is 4.79 Å². The van der Waals surface area contributed by atoms with E-state index in [0.717, 1.165) is 64.5 Å². The summed E-state index contributed by atoms with van der Waals surface area (Å²) in [6.45, 7) is 9.02. The van der Waals surface area contributed by atoms with Crippen LogP contribution in [0.15, 0.2) is 4.99 Å². The van der Waals surface area contributed by atoms with Crippen LogP contribution in [0.5, 0.6) is 0 Å². The van der Waals surface area contributed by atoms with Gasteiger partial charge in [-0.15, -0.1) is 0 Å². The van der Waals surface area contributed by atoms with Gasteiger partial charge in [0.15, 0.2) is 5.96 Å². The van der Waals surface area contributed by atoms with E-state index in [0.29, 0.717) is 12.0 Å². The Morgan fingerprint density at radius 3 is 2.61 bits per heavy atom. The van der Waals surface area contributed by atoms with E-state index >= 15 is 0 Å². The van der Waals surface area contributed by atoms with Gasteiger partial charge in [-0.25, -0.2) is 4.99 Å². The number of hydrogen-bond acceptors (Lipinski definition) is 4. The van der Waals surface area contributed by atoms with Crippen molar-refractivity contribution in [1.29, 1.82) is 0 Å². The number of unbranched alkanes of at least 4 members (excludes halogenated alkanes) is 1. The summed E-state index contributed by atoms with van der Waals surface area (Å²) in [6.07, 6.45) is 11.0. The van der Waals surface area contributed by atoms with Crippen LogP contribution in [0.2, 0.25) is 0 Å². The van der Waals surface area contributed by atoms with Crippen molar-refractivity contribution in [3.63, 3.8) is 0 Å². The Morgan fingerprint density at radius 1 is 1.23 bits per heavy atom. The molecule has 2 aliphatic heterocycles. The van der Waals surface area contributed by atoms with Crippen LogP contribution in [0.25, 0.3) is 0 Å². The third-order valence-corrected chi connectivity index (χ3v) is 6.49. The minimum atomic E-state index is 0.0306. The number of nitrogens with zero attached hydrogens (tertiary/aromatic N) is 3. The summed E-state index contributed by atoms with van der Waals surface area (Å²) < 4.78 is 12.0. The van der Waals surface area contributed by atoms with Gasteiger partial charge in [0.1, 0.15) is 6.54 Å². The van der Waals surface area contributed by atoms with Gasteiger partial charge < -0.3 is 24.6 Å². The number of ether oxygens (including phenoxy) is 2. The smallest absolute Gasteiger partial charge is 0.243 e. The second-order valence-electron chi connectivity index (χ2n) is 9.23. The minimum Gasteiger partial charge on any atom is -0.376 e. The maximum Gasteiger partial charge on any atom is 0.243 e. The van der Waals surface area contributed by atoms with Crippen molar-refractivity contribution >= 4 is 11.9 Å². The quantitative estimate of drug-likeness (QED) is 0.396. The zero-order valence-electron chi connectivity index (χ0n) is 20.4. The fraction of sp³-hybridized carbons (Fsp3) is 0.917. The lowest BCUT2D eigenvalue weighted by molar-refractivity contribution is -0.127. The first-order valence-corrected chi connectivity index (χ1v) is 12.5. The molecule has 7 nitrogen and oxygen atoms in total. The molecule has 0 radical (unpaired) electrons. The monoisotopic (exact) mass is 438 g/mol. The molecule has 2 atom stereocenters. The lowest BCUT2D eigenvalue weighted by Crippen LogP contribution is -2.48. The zero-order chi connectivity index (χ0) is 22.5. The average Bonchev–Trinajstić information content (AvgIpc) is 2.80. The highest BCUT2D eigenvalue weighted by molar-refractivity contribution is 5.84. The SMILES string of the molecule is CCCCC(CC)CNC(=NCC(=O)N(C)C)N1CCC(OCC2CCCCO2)CC1. The third kappa shape index (κ3) is 9.77. The van der Waals surface area contributed by atoms with Crippen LogP contribution < -0.4 is 5.32 Å². The standard InChI is InChI=1S/C24H46N4O3/c1-5-7-10-20(6-2)17-25-24(26-18-23(29)27(3)4)28-14-12-21(13-15-28)31-19-22-11-8-9-16-30-22/h20-22H,5-19H2,1-4H3,(H,25,26). The molecule has 2 rings (SSSR count). The van der Waals surface area contributed by atoms with E-state index in [1.807, 2.05) is 0 Å². The largest absolute Gasteiger partial charge is 0.376 e. The number of amides is 1. The maximum atomic E-state index is 12.1. The Morgan fingerprint density at radius 2 is 2.00 bits per heavy atom. The average molecular weight is 439 g/mol. The lowest BCUT2D eigenvalue weighted by atomic mass is 9.99. The molecule has 0 aromatic carbocycles. The minimum absolute atomic E-state index is 0.0306. The summed E-state index contributed by atoms with van der Waals surface area (Å²) in [5.41, 5.74) is 0. The lowest BCUT2D eigenvalue weighted by Gasteiger charge is -2.35.